The van der Waals surface area contributed by atoms with Crippen molar-refractivity contribution in [2.24, 2.45) is 0 Å². The van der Waals surface area contributed by atoms with E-state index in [1.807, 2.05) is 0 Å². The maximum Gasteiger partial charge on any atom is 0.147 e. The molecule has 2 saturated heterocycles. The highest BCUT2D eigenvalue weighted by Gasteiger charge is 2.38. The monoisotopic (exact) mass is 176 g/mol. The molecular weight excluding hydrogens is 164 g/mol. The molecule has 70 valence electrons. The van der Waals surface area contributed by atoms with Crippen molar-refractivity contribution in [3.8, 4) is 0 Å². The number of aliphatic hydroxyl groups is 1. The Morgan fingerprint density at radius 3 is 2.92 bits per heavy atom. The van der Waals surface area contributed by atoms with E-state index in [0.29, 0.717) is 6.61 Å². The second-order valence-corrected chi connectivity index (χ2v) is 2.83. The number of hydrogen-bond donors (Lipinski definition) is 1. The maximum atomic E-state index is 8.93. The minimum absolute atomic E-state index is 0.0372. The molecule has 0 aliphatic carbocycles. The van der Waals surface area contributed by atoms with Gasteiger partial charge in [0.2, 0.25) is 0 Å². The van der Waals surface area contributed by atoms with Gasteiger partial charge in [0.1, 0.15) is 31.9 Å². The number of fused-ring (bicyclic) bond motifs is 1. The molecule has 0 amide bonds. The van der Waals surface area contributed by atoms with Crippen LogP contribution in [0, 0.1) is 0 Å². The van der Waals surface area contributed by atoms with E-state index in [-0.39, 0.29) is 38.5 Å². The number of ether oxygens (including phenoxy) is 4. The normalized spacial score (nSPS) is 42.2. The molecule has 0 radical (unpaired) electrons. The summed E-state index contributed by atoms with van der Waals surface area (Å²) in [6.45, 7) is 0.943. The zero-order valence-electron chi connectivity index (χ0n) is 6.64. The molecule has 0 spiro atoms. The first-order valence-electron chi connectivity index (χ1n) is 3.95. The fourth-order valence-corrected chi connectivity index (χ4v) is 1.45. The summed E-state index contributed by atoms with van der Waals surface area (Å²) in [7, 11) is 0. The second kappa shape index (κ2) is 3.68. The van der Waals surface area contributed by atoms with Crippen molar-refractivity contribution in [1.29, 1.82) is 0 Å². The van der Waals surface area contributed by atoms with E-state index in [0.717, 1.165) is 0 Å². The van der Waals surface area contributed by atoms with E-state index < -0.39 is 0 Å². The molecule has 1 N–H and O–H groups in total. The van der Waals surface area contributed by atoms with Crippen LogP contribution in [-0.2, 0) is 18.9 Å². The average molecular weight is 176 g/mol. The van der Waals surface area contributed by atoms with E-state index in [1.54, 1.807) is 0 Å². The Morgan fingerprint density at radius 2 is 2.08 bits per heavy atom. The summed E-state index contributed by atoms with van der Waals surface area (Å²) in [4.78, 5) is 0. The van der Waals surface area contributed by atoms with Crippen molar-refractivity contribution in [2.45, 2.75) is 18.3 Å². The quantitative estimate of drug-likeness (QED) is 0.560. The summed E-state index contributed by atoms with van der Waals surface area (Å²) < 4.78 is 20.7. The van der Waals surface area contributed by atoms with E-state index in [2.05, 4.69) is 0 Å². The van der Waals surface area contributed by atoms with Crippen molar-refractivity contribution < 1.29 is 24.1 Å². The van der Waals surface area contributed by atoms with Gasteiger partial charge in [-0.05, 0) is 0 Å². The van der Waals surface area contributed by atoms with Gasteiger partial charge in [-0.15, -0.1) is 0 Å². The first kappa shape index (κ1) is 8.40. The van der Waals surface area contributed by atoms with Crippen molar-refractivity contribution in [1.82, 2.24) is 0 Å². The smallest absolute Gasteiger partial charge is 0.147 e. The van der Waals surface area contributed by atoms with Gasteiger partial charge in [0.25, 0.3) is 0 Å². The molecular formula is C7H12O5. The zero-order chi connectivity index (χ0) is 8.39. The first-order valence-corrected chi connectivity index (χ1v) is 3.95. The molecule has 2 fully saturated rings. The van der Waals surface area contributed by atoms with Crippen molar-refractivity contribution in [2.75, 3.05) is 26.8 Å². The van der Waals surface area contributed by atoms with Crippen LogP contribution in [0.15, 0.2) is 0 Å². The summed E-state index contributed by atoms with van der Waals surface area (Å²) in [5, 5.41) is 8.93. The standard InChI is InChI=1S/C7H12O5/c8-1-5-7-6(11-4-10-5)2-9-3-12-7/h5-8H,1-4H2/t5-,6+,7+/m0/s1. The fourth-order valence-electron chi connectivity index (χ4n) is 1.45. The summed E-state index contributed by atoms with van der Waals surface area (Å²) in [6, 6.07) is 0. The van der Waals surface area contributed by atoms with Crippen LogP contribution < -0.4 is 0 Å². The Bertz CT molecular complexity index is 142. The Balaban J connectivity index is 1.99. The van der Waals surface area contributed by atoms with E-state index in [1.165, 1.54) is 0 Å². The molecule has 5 nitrogen and oxygen atoms in total. The highest BCUT2D eigenvalue weighted by atomic mass is 16.7. The molecule has 12 heavy (non-hydrogen) atoms. The largest absolute Gasteiger partial charge is 0.394 e. The van der Waals surface area contributed by atoms with Gasteiger partial charge < -0.3 is 24.1 Å². The Hall–Kier alpha value is -0.200. The highest BCUT2D eigenvalue weighted by molar-refractivity contribution is 4.82. The summed E-state index contributed by atoms with van der Waals surface area (Å²) >= 11 is 0. The van der Waals surface area contributed by atoms with Crippen molar-refractivity contribution in [3.63, 3.8) is 0 Å². The van der Waals surface area contributed by atoms with Crippen LogP contribution in [0.3, 0.4) is 0 Å². The van der Waals surface area contributed by atoms with E-state index in [9.17, 15) is 0 Å². The molecule has 2 aliphatic rings. The lowest BCUT2D eigenvalue weighted by molar-refractivity contribution is -0.304. The Labute approximate surface area is 70.2 Å². The lowest BCUT2D eigenvalue weighted by Gasteiger charge is -2.39. The molecule has 0 unspecified atom stereocenters. The van der Waals surface area contributed by atoms with Crippen molar-refractivity contribution >= 4 is 0 Å². The summed E-state index contributed by atoms with van der Waals surface area (Å²) in [5.41, 5.74) is 0. The van der Waals surface area contributed by atoms with Gasteiger partial charge in [-0.2, -0.15) is 0 Å². The minimum atomic E-state index is -0.271. The molecule has 0 saturated carbocycles. The van der Waals surface area contributed by atoms with Crippen LogP contribution in [-0.4, -0.2) is 50.2 Å². The van der Waals surface area contributed by atoms with Gasteiger partial charge in [0.15, 0.2) is 0 Å². The number of aliphatic hydroxyl groups excluding tert-OH is 1. The lowest BCUT2D eigenvalue weighted by atomic mass is 10.1. The SMILES string of the molecule is OC[C@@H]1OCO[C@@H]2COCO[C@H]12. The molecule has 5 heteroatoms. The summed E-state index contributed by atoms with van der Waals surface area (Å²) in [6.07, 6.45) is -0.546. The molecule has 3 atom stereocenters. The molecule has 0 aromatic rings. The van der Waals surface area contributed by atoms with Crippen LogP contribution in [0.1, 0.15) is 0 Å². The molecule has 2 heterocycles. The Morgan fingerprint density at radius 1 is 1.17 bits per heavy atom. The maximum absolute atomic E-state index is 8.93. The Kier molecular flexibility index (Phi) is 2.57. The zero-order valence-corrected chi connectivity index (χ0v) is 6.64. The van der Waals surface area contributed by atoms with E-state index >= 15 is 0 Å². The summed E-state index contributed by atoms with van der Waals surface area (Å²) in [5.74, 6) is 0. The van der Waals surface area contributed by atoms with Gasteiger partial charge in [-0.1, -0.05) is 0 Å². The van der Waals surface area contributed by atoms with Crippen LogP contribution in [0.2, 0.25) is 0 Å². The van der Waals surface area contributed by atoms with Gasteiger partial charge in [0.05, 0.1) is 13.2 Å². The van der Waals surface area contributed by atoms with Gasteiger partial charge in [-0.25, -0.2) is 0 Å². The second-order valence-electron chi connectivity index (χ2n) is 2.83. The predicted octanol–water partition coefficient (Wildman–Crippen LogP) is -0.907. The van der Waals surface area contributed by atoms with Gasteiger partial charge in [-0.3, -0.25) is 0 Å². The molecule has 0 aromatic heterocycles. The molecule has 0 bridgehead atoms. The third kappa shape index (κ3) is 1.46. The highest BCUT2D eigenvalue weighted by Crippen LogP contribution is 2.20. The van der Waals surface area contributed by atoms with Crippen LogP contribution in [0.5, 0.6) is 0 Å². The third-order valence-corrected chi connectivity index (χ3v) is 2.10. The number of hydrogen-bond acceptors (Lipinski definition) is 5. The number of rotatable bonds is 1. The van der Waals surface area contributed by atoms with Crippen LogP contribution in [0.25, 0.3) is 0 Å². The van der Waals surface area contributed by atoms with Crippen LogP contribution in [0.4, 0.5) is 0 Å². The topological polar surface area (TPSA) is 57.2 Å². The molecule has 2 rings (SSSR count). The third-order valence-electron chi connectivity index (χ3n) is 2.10. The van der Waals surface area contributed by atoms with Crippen LogP contribution >= 0.6 is 0 Å². The fraction of sp³-hybridized carbons (Fsp3) is 1.00. The van der Waals surface area contributed by atoms with Gasteiger partial charge in [0, 0.05) is 0 Å². The lowest BCUT2D eigenvalue weighted by Crippen LogP contribution is -2.54. The predicted molar refractivity (Wildman–Crippen MR) is 37.4 cm³/mol. The average Bonchev–Trinajstić information content (AvgIpc) is 2.17. The minimum Gasteiger partial charge on any atom is -0.394 e. The molecule has 2 aliphatic heterocycles. The van der Waals surface area contributed by atoms with Gasteiger partial charge >= 0.3 is 0 Å². The first-order chi connectivity index (χ1) is 5.92. The van der Waals surface area contributed by atoms with Crippen molar-refractivity contribution in [3.05, 3.63) is 0 Å². The molecule has 0 aromatic carbocycles. The van der Waals surface area contributed by atoms with E-state index in [4.69, 9.17) is 24.1 Å².